The highest BCUT2D eigenvalue weighted by Gasteiger charge is 2.72. The number of nitrogens with zero attached hydrogens (tertiary/aromatic N) is 2. The second-order valence-electron chi connectivity index (χ2n) is 7.92. The van der Waals surface area contributed by atoms with E-state index in [-0.39, 0.29) is 17.0 Å². The maximum absolute atomic E-state index is 13.0. The summed E-state index contributed by atoms with van der Waals surface area (Å²) in [7, 11) is -4.09. The van der Waals surface area contributed by atoms with Gasteiger partial charge >= 0.3 is 5.97 Å². The van der Waals surface area contributed by atoms with E-state index >= 15 is 0 Å². The summed E-state index contributed by atoms with van der Waals surface area (Å²) < 4.78 is 29.3. The van der Waals surface area contributed by atoms with Crippen molar-refractivity contribution < 1.29 is 32.4 Å². The average Bonchev–Trinajstić information content (AvgIpc) is 3.12. The maximum atomic E-state index is 13.0. The van der Waals surface area contributed by atoms with Gasteiger partial charge in [-0.15, -0.1) is 0 Å². The van der Waals surface area contributed by atoms with Crippen molar-refractivity contribution in [3.05, 3.63) is 40.6 Å². The molecule has 2 fully saturated rings. The lowest BCUT2D eigenvalue weighted by Crippen LogP contribution is -2.72. The van der Waals surface area contributed by atoms with Crippen LogP contribution in [0.4, 0.5) is 0 Å². The molecule has 0 saturated carbocycles. The maximum Gasteiger partial charge on any atom is 0.328 e. The van der Waals surface area contributed by atoms with E-state index in [1.54, 1.807) is 24.3 Å². The van der Waals surface area contributed by atoms with E-state index < -0.39 is 49.8 Å². The Morgan fingerprint density at radius 3 is 2.55 bits per heavy atom. The van der Waals surface area contributed by atoms with E-state index in [1.165, 1.54) is 20.8 Å². The van der Waals surface area contributed by atoms with Crippen LogP contribution in [0, 0.1) is 6.92 Å². The second kappa shape index (κ2) is 6.79. The summed E-state index contributed by atoms with van der Waals surface area (Å²) in [6.07, 6.45) is 0. The molecule has 0 radical (unpaired) electrons. The number of hydrogen-bond acceptors (Lipinski definition) is 7. The van der Waals surface area contributed by atoms with Gasteiger partial charge in [0, 0.05) is 5.56 Å². The lowest BCUT2D eigenvalue weighted by Gasteiger charge is -2.42. The van der Waals surface area contributed by atoms with Crippen molar-refractivity contribution in [1.29, 1.82) is 0 Å². The molecule has 2 saturated heterocycles. The molecule has 3 heterocycles. The summed E-state index contributed by atoms with van der Waals surface area (Å²) in [5.74, 6) is -2.84. The molecule has 31 heavy (non-hydrogen) atoms. The number of carbonyl (C=O) groups excluding carboxylic acids is 2. The van der Waals surface area contributed by atoms with E-state index in [1.807, 2.05) is 0 Å². The first-order valence-electron chi connectivity index (χ1n) is 9.21. The van der Waals surface area contributed by atoms with Crippen LogP contribution in [0.5, 0.6) is 0 Å². The molecule has 10 nitrogen and oxygen atoms in total. The van der Waals surface area contributed by atoms with Crippen molar-refractivity contribution >= 4 is 39.2 Å². The first-order valence-corrected chi connectivity index (χ1v) is 11.1. The summed E-state index contributed by atoms with van der Waals surface area (Å²) in [6, 6.07) is 3.67. The summed E-state index contributed by atoms with van der Waals surface area (Å²) in [5.41, 5.74) is 0.569. The van der Waals surface area contributed by atoms with Crippen molar-refractivity contribution in [2.24, 2.45) is 0 Å². The van der Waals surface area contributed by atoms with Crippen LogP contribution in [-0.4, -0.2) is 63.6 Å². The fourth-order valence-corrected chi connectivity index (χ4v) is 6.57. The molecule has 2 aliphatic heterocycles. The molecule has 4 rings (SSSR count). The predicted molar refractivity (Wildman–Crippen MR) is 108 cm³/mol. The number of aliphatic carboxylic acids is 1. The largest absolute Gasteiger partial charge is 0.480 e. The normalized spacial score (nSPS) is 25.6. The van der Waals surface area contributed by atoms with Gasteiger partial charge < -0.3 is 19.8 Å². The molecule has 0 spiro atoms. The number of amides is 2. The molecule has 1 aromatic heterocycles. The van der Waals surface area contributed by atoms with Crippen LogP contribution < -0.4 is 5.32 Å². The van der Waals surface area contributed by atoms with E-state index in [0.717, 1.165) is 4.90 Å². The molecular formula is C19H18ClN3O7S. The Kier molecular flexibility index (Phi) is 4.67. The lowest BCUT2D eigenvalue weighted by molar-refractivity contribution is -0.159. The van der Waals surface area contributed by atoms with Crippen molar-refractivity contribution in [2.75, 3.05) is 0 Å². The molecule has 1 aromatic carbocycles. The molecule has 12 heteroatoms. The first kappa shape index (κ1) is 21.3. The van der Waals surface area contributed by atoms with Crippen LogP contribution in [0.2, 0.25) is 5.02 Å². The molecule has 164 valence electrons. The SMILES string of the molecule is Cc1onc(-c2ccccc2Cl)c1C(=O)N[C@@H]1C(=O)N2[C@@H](C(=O)O)C(C)(C)S(=O)(=O)[C@H]12. The zero-order valence-corrected chi connectivity index (χ0v) is 18.2. The number of halogens is 1. The Labute approximate surface area is 182 Å². The third kappa shape index (κ3) is 2.79. The smallest absolute Gasteiger partial charge is 0.328 e. The zero-order chi connectivity index (χ0) is 22.9. The minimum Gasteiger partial charge on any atom is -0.480 e. The van der Waals surface area contributed by atoms with E-state index in [4.69, 9.17) is 16.1 Å². The standard InChI is InChI=1S/C19H18ClN3O7S/c1-8-11(12(22-30-8)9-6-4-5-7-10(9)20)15(24)21-13-16(25)23-14(18(26)27)19(2,3)31(28,29)17(13)23/h4-7,13-14,17H,1-3H3,(H,21,24)(H,26,27)/t13-,14+,17-/m1/s1. The summed E-state index contributed by atoms with van der Waals surface area (Å²) in [5, 5.41) is 14.6. The Morgan fingerprint density at radius 2 is 1.94 bits per heavy atom. The van der Waals surface area contributed by atoms with Gasteiger partial charge in [0.1, 0.15) is 33.8 Å². The Bertz CT molecular complexity index is 1240. The van der Waals surface area contributed by atoms with Crippen LogP contribution >= 0.6 is 11.6 Å². The first-order chi connectivity index (χ1) is 14.4. The average molecular weight is 468 g/mol. The molecule has 0 unspecified atom stereocenters. The molecule has 2 aliphatic rings. The lowest BCUT2D eigenvalue weighted by atomic mass is 9.95. The molecular weight excluding hydrogens is 450 g/mol. The number of nitrogens with one attached hydrogen (secondary N) is 1. The number of rotatable bonds is 4. The highest BCUT2D eigenvalue weighted by atomic mass is 35.5. The molecule has 2 amide bonds. The number of aromatic nitrogens is 1. The number of aryl methyl sites for hydroxylation is 1. The molecule has 0 bridgehead atoms. The van der Waals surface area contributed by atoms with Crippen LogP contribution in [0.1, 0.15) is 30.0 Å². The number of β-lactam (4-membered cyclic amide) rings is 1. The van der Waals surface area contributed by atoms with Gasteiger partial charge in [0.05, 0.1) is 5.02 Å². The monoisotopic (exact) mass is 467 g/mol. The fraction of sp³-hybridized carbons (Fsp3) is 0.368. The highest BCUT2D eigenvalue weighted by Crippen LogP contribution is 2.46. The van der Waals surface area contributed by atoms with Crippen molar-refractivity contribution in [1.82, 2.24) is 15.4 Å². The van der Waals surface area contributed by atoms with Gasteiger partial charge in [-0.1, -0.05) is 35.0 Å². The van der Waals surface area contributed by atoms with Gasteiger partial charge in [-0.05, 0) is 26.8 Å². The van der Waals surface area contributed by atoms with E-state index in [0.29, 0.717) is 10.6 Å². The number of benzene rings is 1. The minimum atomic E-state index is -4.09. The molecule has 0 aliphatic carbocycles. The number of carbonyl (C=O) groups is 3. The van der Waals surface area contributed by atoms with Gasteiger partial charge in [0.25, 0.3) is 5.91 Å². The fourth-order valence-electron chi connectivity index (χ4n) is 4.13. The van der Waals surface area contributed by atoms with Gasteiger partial charge in [0.15, 0.2) is 15.2 Å². The van der Waals surface area contributed by atoms with Crippen molar-refractivity contribution in [3.63, 3.8) is 0 Å². The van der Waals surface area contributed by atoms with Gasteiger partial charge in [0.2, 0.25) is 5.91 Å². The zero-order valence-electron chi connectivity index (χ0n) is 16.6. The summed E-state index contributed by atoms with van der Waals surface area (Å²) >= 11 is 6.19. The number of sulfone groups is 1. The molecule has 2 aromatic rings. The summed E-state index contributed by atoms with van der Waals surface area (Å²) in [4.78, 5) is 38.1. The van der Waals surface area contributed by atoms with Crippen LogP contribution in [0.3, 0.4) is 0 Å². The van der Waals surface area contributed by atoms with E-state index in [2.05, 4.69) is 10.5 Å². The van der Waals surface area contributed by atoms with E-state index in [9.17, 15) is 27.9 Å². The third-order valence-corrected chi connectivity index (χ3v) is 8.96. The van der Waals surface area contributed by atoms with Crippen LogP contribution in [-0.2, 0) is 19.4 Å². The number of fused-ring (bicyclic) bond motifs is 1. The minimum absolute atomic E-state index is 0.00351. The highest BCUT2D eigenvalue weighted by molar-refractivity contribution is 7.94. The predicted octanol–water partition coefficient (Wildman–Crippen LogP) is 1.23. The quantitative estimate of drug-likeness (QED) is 0.638. The Morgan fingerprint density at radius 1 is 1.29 bits per heavy atom. The van der Waals surface area contributed by atoms with Crippen molar-refractivity contribution in [3.8, 4) is 11.3 Å². The number of carboxylic acid groups (broad SMARTS) is 1. The number of carboxylic acids is 1. The van der Waals surface area contributed by atoms with Crippen LogP contribution in [0.15, 0.2) is 28.8 Å². The second-order valence-corrected chi connectivity index (χ2v) is 11.0. The Balaban J connectivity index is 1.68. The van der Waals surface area contributed by atoms with Gasteiger partial charge in [-0.3, -0.25) is 9.59 Å². The Hall–Kier alpha value is -2.92. The third-order valence-electron chi connectivity index (χ3n) is 5.81. The molecule has 3 atom stereocenters. The van der Waals surface area contributed by atoms with Crippen molar-refractivity contribution in [2.45, 2.75) is 43.0 Å². The van der Waals surface area contributed by atoms with Gasteiger partial charge in [-0.25, -0.2) is 13.2 Å². The molecule has 2 N–H and O–H groups in total. The number of hydrogen-bond donors (Lipinski definition) is 2. The van der Waals surface area contributed by atoms with Gasteiger partial charge in [-0.2, -0.15) is 0 Å². The topological polar surface area (TPSA) is 147 Å². The summed E-state index contributed by atoms with van der Waals surface area (Å²) in [6.45, 7) is 4.00. The van der Waals surface area contributed by atoms with Crippen LogP contribution in [0.25, 0.3) is 11.3 Å².